The summed E-state index contributed by atoms with van der Waals surface area (Å²) in [5, 5.41) is 21.0. The molecule has 1 amide bonds. The third-order valence-electron chi connectivity index (χ3n) is 4.20. The fraction of sp³-hybridized carbons (Fsp3) is 0.846. The average Bonchev–Trinajstić information content (AvgIpc) is 2.62. The van der Waals surface area contributed by atoms with Crippen LogP contribution in [0.2, 0.25) is 0 Å². The maximum Gasteiger partial charge on any atom is 0.303 e. The number of rotatable bonds is 5. The van der Waals surface area contributed by atoms with Crippen molar-refractivity contribution in [2.24, 2.45) is 5.41 Å². The van der Waals surface area contributed by atoms with E-state index in [-0.39, 0.29) is 29.9 Å². The molecule has 0 atom stereocenters. The van der Waals surface area contributed by atoms with E-state index in [1.807, 2.05) is 0 Å². The first-order valence-corrected chi connectivity index (χ1v) is 6.68. The third kappa shape index (κ3) is 3.22. The summed E-state index contributed by atoms with van der Waals surface area (Å²) in [5.74, 6) is -0.876. The Morgan fingerprint density at radius 2 is 1.78 bits per heavy atom. The molecule has 102 valence electrons. The zero-order valence-electron chi connectivity index (χ0n) is 10.5. The summed E-state index contributed by atoms with van der Waals surface area (Å²) < 4.78 is 0. The number of carboxylic acid groups (broad SMARTS) is 1. The van der Waals surface area contributed by atoms with Gasteiger partial charge in [-0.1, -0.05) is 12.8 Å². The number of amides is 1. The number of hydrogen-bond acceptors (Lipinski definition) is 3. The van der Waals surface area contributed by atoms with E-state index in [0.29, 0.717) is 19.3 Å². The Balaban J connectivity index is 1.84. The van der Waals surface area contributed by atoms with Gasteiger partial charge in [0.05, 0.1) is 12.5 Å². The number of aliphatic hydroxyl groups is 1. The van der Waals surface area contributed by atoms with Gasteiger partial charge in [-0.3, -0.25) is 9.59 Å². The first-order chi connectivity index (χ1) is 8.49. The molecule has 0 aromatic heterocycles. The van der Waals surface area contributed by atoms with Gasteiger partial charge in [0, 0.05) is 12.5 Å². The summed E-state index contributed by atoms with van der Waals surface area (Å²) in [6.07, 6.45) is 5.06. The predicted molar refractivity (Wildman–Crippen MR) is 64.9 cm³/mol. The molecular formula is C13H21NO4. The van der Waals surface area contributed by atoms with Gasteiger partial charge in [-0.2, -0.15) is 0 Å². The Hall–Kier alpha value is -1.10. The van der Waals surface area contributed by atoms with Gasteiger partial charge in [0.25, 0.3) is 0 Å². The Labute approximate surface area is 107 Å². The summed E-state index contributed by atoms with van der Waals surface area (Å²) >= 11 is 0. The van der Waals surface area contributed by atoms with E-state index in [4.69, 9.17) is 10.2 Å². The van der Waals surface area contributed by atoms with E-state index < -0.39 is 5.97 Å². The minimum absolute atomic E-state index is 0.0601. The molecule has 0 unspecified atom stereocenters. The molecule has 2 saturated carbocycles. The van der Waals surface area contributed by atoms with Crippen LogP contribution in [-0.4, -0.2) is 34.2 Å². The largest absolute Gasteiger partial charge is 0.481 e. The van der Waals surface area contributed by atoms with Crippen LogP contribution in [0.4, 0.5) is 0 Å². The molecular weight excluding hydrogens is 234 g/mol. The number of aliphatic carboxylic acids is 1. The second-order valence-corrected chi connectivity index (χ2v) is 5.84. The van der Waals surface area contributed by atoms with Crippen LogP contribution in [0.5, 0.6) is 0 Å². The molecule has 3 N–H and O–H groups in total. The van der Waals surface area contributed by atoms with Crippen LogP contribution in [0.3, 0.4) is 0 Å². The summed E-state index contributed by atoms with van der Waals surface area (Å²) in [6, 6.07) is 0.0794. The molecule has 0 aromatic rings. The van der Waals surface area contributed by atoms with E-state index in [2.05, 4.69) is 5.32 Å². The summed E-state index contributed by atoms with van der Waals surface area (Å²) in [6.45, 7) is 0. The van der Waals surface area contributed by atoms with Gasteiger partial charge in [0.15, 0.2) is 0 Å². The second-order valence-electron chi connectivity index (χ2n) is 5.84. The Bertz CT molecular complexity index is 330. The monoisotopic (exact) mass is 255 g/mol. The smallest absolute Gasteiger partial charge is 0.303 e. The van der Waals surface area contributed by atoms with Gasteiger partial charge in [0.2, 0.25) is 5.91 Å². The quantitative estimate of drug-likeness (QED) is 0.685. The number of carboxylic acids is 1. The zero-order chi connectivity index (χ0) is 13.2. The van der Waals surface area contributed by atoms with Gasteiger partial charge < -0.3 is 15.5 Å². The Morgan fingerprint density at radius 1 is 1.17 bits per heavy atom. The molecule has 0 aromatic carbocycles. The number of carbonyl (C=O) groups excluding carboxylic acids is 1. The third-order valence-corrected chi connectivity index (χ3v) is 4.20. The van der Waals surface area contributed by atoms with E-state index in [1.165, 1.54) is 0 Å². The van der Waals surface area contributed by atoms with Crippen molar-refractivity contribution in [3.63, 3.8) is 0 Å². The number of hydrogen-bond donors (Lipinski definition) is 3. The van der Waals surface area contributed by atoms with E-state index in [1.54, 1.807) is 0 Å². The average molecular weight is 255 g/mol. The van der Waals surface area contributed by atoms with Crippen molar-refractivity contribution >= 4 is 11.9 Å². The number of nitrogens with one attached hydrogen (secondary N) is 1. The van der Waals surface area contributed by atoms with Crippen LogP contribution in [0.15, 0.2) is 0 Å². The molecule has 0 saturated heterocycles. The lowest BCUT2D eigenvalue weighted by Crippen LogP contribution is -2.47. The van der Waals surface area contributed by atoms with Gasteiger partial charge in [-0.25, -0.2) is 0 Å². The van der Waals surface area contributed by atoms with Crippen molar-refractivity contribution in [2.45, 2.75) is 63.5 Å². The minimum atomic E-state index is -0.816. The molecule has 0 heterocycles. The Morgan fingerprint density at radius 3 is 2.28 bits per heavy atom. The summed E-state index contributed by atoms with van der Waals surface area (Å²) in [7, 11) is 0. The summed E-state index contributed by atoms with van der Waals surface area (Å²) in [4.78, 5) is 22.8. The van der Waals surface area contributed by atoms with Crippen LogP contribution >= 0.6 is 0 Å². The molecule has 5 heteroatoms. The fourth-order valence-electron chi connectivity index (χ4n) is 3.19. The van der Waals surface area contributed by atoms with Crippen LogP contribution in [0.1, 0.15) is 51.4 Å². The SMILES string of the molecule is O=C(O)CC1(CC(=O)NC2CC(O)C2)CCCC1. The maximum absolute atomic E-state index is 11.9. The first-order valence-electron chi connectivity index (χ1n) is 6.68. The van der Waals surface area contributed by atoms with Crippen molar-refractivity contribution in [3.05, 3.63) is 0 Å². The molecule has 5 nitrogen and oxygen atoms in total. The highest BCUT2D eigenvalue weighted by Gasteiger charge is 2.39. The van der Waals surface area contributed by atoms with Crippen molar-refractivity contribution in [1.29, 1.82) is 0 Å². The van der Waals surface area contributed by atoms with Gasteiger partial charge >= 0.3 is 5.97 Å². The van der Waals surface area contributed by atoms with Crippen LogP contribution in [-0.2, 0) is 9.59 Å². The molecule has 2 aliphatic rings. The highest BCUT2D eigenvalue weighted by Crippen LogP contribution is 2.44. The second kappa shape index (κ2) is 5.26. The zero-order valence-corrected chi connectivity index (χ0v) is 10.5. The standard InChI is InChI=1S/C13H21NO4/c15-10-5-9(6-10)14-11(16)7-13(8-12(17)18)3-1-2-4-13/h9-10,15H,1-8H2,(H,14,16)(H,17,18). The lowest BCUT2D eigenvalue weighted by molar-refractivity contribution is -0.140. The molecule has 0 spiro atoms. The molecule has 0 bridgehead atoms. The molecule has 2 fully saturated rings. The van der Waals surface area contributed by atoms with E-state index in [9.17, 15) is 9.59 Å². The highest BCUT2D eigenvalue weighted by atomic mass is 16.4. The fourth-order valence-corrected chi connectivity index (χ4v) is 3.19. The van der Waals surface area contributed by atoms with Gasteiger partial charge in [-0.05, 0) is 31.1 Å². The summed E-state index contributed by atoms with van der Waals surface area (Å²) in [5.41, 5.74) is -0.335. The van der Waals surface area contributed by atoms with Crippen molar-refractivity contribution in [3.8, 4) is 0 Å². The molecule has 2 aliphatic carbocycles. The minimum Gasteiger partial charge on any atom is -0.481 e. The lowest BCUT2D eigenvalue weighted by atomic mass is 9.79. The van der Waals surface area contributed by atoms with Crippen molar-refractivity contribution in [2.75, 3.05) is 0 Å². The van der Waals surface area contributed by atoms with Gasteiger partial charge in [-0.15, -0.1) is 0 Å². The molecule has 0 radical (unpaired) electrons. The van der Waals surface area contributed by atoms with Crippen LogP contribution < -0.4 is 5.32 Å². The number of carbonyl (C=O) groups is 2. The first kappa shape index (κ1) is 13.3. The topological polar surface area (TPSA) is 86.6 Å². The van der Waals surface area contributed by atoms with Gasteiger partial charge in [0.1, 0.15) is 0 Å². The Kier molecular flexibility index (Phi) is 3.90. The van der Waals surface area contributed by atoms with Crippen molar-refractivity contribution in [1.82, 2.24) is 5.32 Å². The van der Waals surface area contributed by atoms with E-state index >= 15 is 0 Å². The van der Waals surface area contributed by atoms with Crippen molar-refractivity contribution < 1.29 is 19.8 Å². The predicted octanol–water partition coefficient (Wildman–Crippen LogP) is 1.05. The lowest BCUT2D eigenvalue weighted by Gasteiger charge is -2.33. The van der Waals surface area contributed by atoms with E-state index in [0.717, 1.165) is 25.7 Å². The maximum atomic E-state index is 11.9. The number of aliphatic hydroxyl groups excluding tert-OH is 1. The molecule has 18 heavy (non-hydrogen) atoms. The van der Waals surface area contributed by atoms with Crippen LogP contribution in [0, 0.1) is 5.41 Å². The van der Waals surface area contributed by atoms with Crippen LogP contribution in [0.25, 0.3) is 0 Å². The molecule has 0 aliphatic heterocycles. The highest BCUT2D eigenvalue weighted by molar-refractivity contribution is 5.78. The normalized spacial score (nSPS) is 29.6. The molecule has 2 rings (SSSR count).